The molecule has 1 atom stereocenters. The summed E-state index contributed by atoms with van der Waals surface area (Å²) in [6.45, 7) is 2.22. The average Bonchev–Trinajstić information content (AvgIpc) is 2.39. The molecule has 0 aromatic heterocycles. The summed E-state index contributed by atoms with van der Waals surface area (Å²) in [5.41, 5.74) is 0. The first-order valence-electron chi connectivity index (χ1n) is 8.03. The van der Waals surface area contributed by atoms with E-state index in [1.54, 1.807) is 0 Å². The first kappa shape index (κ1) is 23.2. The molecular formula is C16H29NaO4. The van der Waals surface area contributed by atoms with Crippen LogP contribution in [0.3, 0.4) is 0 Å². The molecule has 0 amide bonds. The van der Waals surface area contributed by atoms with Crippen LogP contribution in [0.1, 0.15) is 84.0 Å². The Morgan fingerprint density at radius 2 is 1.24 bits per heavy atom. The molecule has 0 aliphatic rings. The van der Waals surface area contributed by atoms with Crippen molar-refractivity contribution >= 4 is 11.9 Å². The molecule has 0 aromatic rings. The van der Waals surface area contributed by atoms with E-state index < -0.39 is 17.9 Å². The first-order valence-corrected chi connectivity index (χ1v) is 8.03. The van der Waals surface area contributed by atoms with Gasteiger partial charge in [0.1, 0.15) is 0 Å². The topological polar surface area (TPSA) is 77.4 Å². The summed E-state index contributed by atoms with van der Waals surface area (Å²) in [5.74, 6) is -4.09. The maximum atomic E-state index is 10.6. The van der Waals surface area contributed by atoms with Crippen LogP contribution >= 0.6 is 0 Å². The molecule has 5 heteroatoms. The van der Waals surface area contributed by atoms with Gasteiger partial charge >= 0.3 is 35.5 Å². The number of aliphatic carboxylic acids is 2. The maximum absolute atomic E-state index is 10.6. The van der Waals surface area contributed by atoms with Crippen molar-refractivity contribution in [3.8, 4) is 0 Å². The monoisotopic (exact) mass is 308 g/mol. The van der Waals surface area contributed by atoms with Gasteiger partial charge in [0, 0.05) is 0 Å². The van der Waals surface area contributed by atoms with E-state index in [1.807, 2.05) is 0 Å². The third-order valence-electron chi connectivity index (χ3n) is 3.68. The molecule has 0 aromatic carbocycles. The number of carbonyl (C=O) groups is 2. The minimum Gasteiger partial charge on any atom is -0.549 e. The van der Waals surface area contributed by atoms with E-state index in [9.17, 15) is 14.7 Å². The molecule has 0 rings (SSSR count). The van der Waals surface area contributed by atoms with Crippen LogP contribution in [-0.2, 0) is 9.59 Å². The fourth-order valence-corrected chi connectivity index (χ4v) is 2.35. The Morgan fingerprint density at radius 3 is 1.57 bits per heavy atom. The van der Waals surface area contributed by atoms with Crippen molar-refractivity contribution in [1.29, 1.82) is 0 Å². The fraction of sp³-hybridized carbons (Fsp3) is 0.875. The molecule has 0 heterocycles. The number of unbranched alkanes of at least 4 members (excludes halogenated alkanes) is 10. The molecule has 21 heavy (non-hydrogen) atoms. The quantitative estimate of drug-likeness (QED) is 0.281. The Bertz CT molecular complexity index is 255. The summed E-state index contributed by atoms with van der Waals surface area (Å²) in [6, 6.07) is 0. The van der Waals surface area contributed by atoms with Crippen molar-refractivity contribution in [3.63, 3.8) is 0 Å². The zero-order valence-corrected chi connectivity index (χ0v) is 15.7. The van der Waals surface area contributed by atoms with Crippen molar-refractivity contribution in [2.45, 2.75) is 84.0 Å². The van der Waals surface area contributed by atoms with E-state index in [0.29, 0.717) is 6.42 Å². The summed E-state index contributed by atoms with van der Waals surface area (Å²) >= 11 is 0. The predicted octanol–water partition coefficient (Wildman–Crippen LogP) is 0.142. The minimum atomic E-state index is -1.47. The van der Waals surface area contributed by atoms with Crippen LogP contribution in [-0.4, -0.2) is 17.0 Å². The van der Waals surface area contributed by atoms with Gasteiger partial charge in [0.2, 0.25) is 0 Å². The summed E-state index contributed by atoms with van der Waals surface area (Å²) in [4.78, 5) is 21.2. The van der Waals surface area contributed by atoms with Crippen LogP contribution in [0.5, 0.6) is 0 Å². The van der Waals surface area contributed by atoms with Gasteiger partial charge in [-0.25, -0.2) is 0 Å². The van der Waals surface area contributed by atoms with Gasteiger partial charge in [-0.1, -0.05) is 77.6 Å². The van der Waals surface area contributed by atoms with Crippen LogP contribution in [0, 0.1) is 5.92 Å². The van der Waals surface area contributed by atoms with Crippen molar-refractivity contribution in [2.75, 3.05) is 0 Å². The number of carboxylic acids is 2. The third kappa shape index (κ3) is 14.6. The largest absolute Gasteiger partial charge is 1.00 e. The molecule has 118 valence electrons. The molecule has 1 unspecified atom stereocenters. The molecule has 0 bridgehead atoms. The van der Waals surface area contributed by atoms with Gasteiger partial charge in [-0.2, -0.15) is 0 Å². The summed E-state index contributed by atoms with van der Waals surface area (Å²) in [6.07, 6.45) is 13.1. The first-order chi connectivity index (χ1) is 9.59. The SMILES string of the molecule is CCCCCCCCCCCCCC(C(=O)[O-])C(=O)O.[Na+]. The van der Waals surface area contributed by atoms with Gasteiger partial charge in [0.05, 0.1) is 11.9 Å². The molecule has 4 nitrogen and oxygen atoms in total. The Kier molecular flexibility index (Phi) is 18.0. The van der Waals surface area contributed by atoms with E-state index in [2.05, 4.69) is 6.92 Å². The van der Waals surface area contributed by atoms with E-state index in [-0.39, 0.29) is 36.0 Å². The van der Waals surface area contributed by atoms with Crippen LogP contribution in [0.2, 0.25) is 0 Å². The van der Waals surface area contributed by atoms with Crippen LogP contribution in [0.25, 0.3) is 0 Å². The van der Waals surface area contributed by atoms with E-state index in [1.165, 1.54) is 44.9 Å². The second-order valence-corrected chi connectivity index (χ2v) is 5.53. The third-order valence-corrected chi connectivity index (χ3v) is 3.68. The number of carboxylic acid groups (broad SMARTS) is 2. The Morgan fingerprint density at radius 1 is 0.857 bits per heavy atom. The Balaban J connectivity index is 0. The molecule has 0 spiro atoms. The maximum Gasteiger partial charge on any atom is 1.00 e. The van der Waals surface area contributed by atoms with Gasteiger partial charge < -0.3 is 15.0 Å². The van der Waals surface area contributed by atoms with Gasteiger partial charge in [-0.3, -0.25) is 4.79 Å². The number of rotatable bonds is 14. The fourth-order valence-electron chi connectivity index (χ4n) is 2.35. The van der Waals surface area contributed by atoms with Crippen molar-refractivity contribution < 1.29 is 49.4 Å². The number of hydrogen-bond donors (Lipinski definition) is 1. The van der Waals surface area contributed by atoms with Crippen LogP contribution < -0.4 is 34.7 Å². The molecule has 0 aliphatic carbocycles. The number of carbonyl (C=O) groups excluding carboxylic acids is 1. The zero-order valence-electron chi connectivity index (χ0n) is 13.7. The molecule has 0 saturated heterocycles. The van der Waals surface area contributed by atoms with Gasteiger partial charge in [-0.15, -0.1) is 0 Å². The van der Waals surface area contributed by atoms with Crippen molar-refractivity contribution in [3.05, 3.63) is 0 Å². The summed E-state index contributed by atoms with van der Waals surface area (Å²) < 4.78 is 0. The summed E-state index contributed by atoms with van der Waals surface area (Å²) in [5, 5.41) is 19.2. The van der Waals surface area contributed by atoms with Crippen molar-refractivity contribution in [1.82, 2.24) is 0 Å². The van der Waals surface area contributed by atoms with Gasteiger partial charge in [0.15, 0.2) is 0 Å². The Labute approximate surface area is 151 Å². The second kappa shape index (κ2) is 16.3. The van der Waals surface area contributed by atoms with E-state index in [4.69, 9.17) is 5.11 Å². The number of hydrogen-bond acceptors (Lipinski definition) is 3. The zero-order chi connectivity index (χ0) is 15.2. The molecular weight excluding hydrogens is 279 g/mol. The molecule has 0 aliphatic heterocycles. The average molecular weight is 308 g/mol. The van der Waals surface area contributed by atoms with E-state index >= 15 is 0 Å². The van der Waals surface area contributed by atoms with Crippen molar-refractivity contribution in [2.24, 2.45) is 5.92 Å². The molecule has 0 radical (unpaired) electrons. The van der Waals surface area contributed by atoms with Crippen LogP contribution in [0.4, 0.5) is 0 Å². The molecule has 0 saturated carbocycles. The summed E-state index contributed by atoms with van der Waals surface area (Å²) in [7, 11) is 0. The normalized spacial score (nSPS) is 11.7. The minimum absolute atomic E-state index is 0. The second-order valence-electron chi connectivity index (χ2n) is 5.53. The van der Waals surface area contributed by atoms with Gasteiger partial charge in [0.25, 0.3) is 0 Å². The smallest absolute Gasteiger partial charge is 0.549 e. The standard InChI is InChI=1S/C16H30O4.Na/c1-2-3-4-5-6-7-8-9-10-11-12-13-14(15(17)18)16(19)20;/h14H,2-13H2,1H3,(H,17,18)(H,19,20);/q;+1/p-1. The molecule has 0 fully saturated rings. The van der Waals surface area contributed by atoms with Gasteiger partial charge in [-0.05, 0) is 6.42 Å². The van der Waals surface area contributed by atoms with Crippen LogP contribution in [0.15, 0.2) is 0 Å². The predicted molar refractivity (Wildman–Crippen MR) is 77.2 cm³/mol. The van der Waals surface area contributed by atoms with E-state index in [0.717, 1.165) is 19.3 Å². The molecule has 1 N–H and O–H groups in total. The Hall–Kier alpha value is -0.0600.